The number of urea groups is 1. The Balaban J connectivity index is 1.28. The van der Waals surface area contributed by atoms with Crippen molar-refractivity contribution in [2.45, 2.75) is 18.8 Å². The molecule has 11 nitrogen and oxygen atoms in total. The van der Waals surface area contributed by atoms with Gasteiger partial charge < -0.3 is 14.5 Å². The first-order valence-electron chi connectivity index (χ1n) is 9.74. The largest absolute Gasteiger partial charge is 0.458 e. The first kappa shape index (κ1) is 20.1. The van der Waals surface area contributed by atoms with Crippen LogP contribution in [0.4, 0.5) is 4.79 Å². The van der Waals surface area contributed by atoms with Gasteiger partial charge in [-0.2, -0.15) is 0 Å². The van der Waals surface area contributed by atoms with E-state index in [1.807, 2.05) is 24.3 Å². The van der Waals surface area contributed by atoms with Crippen molar-refractivity contribution in [2.24, 2.45) is 4.99 Å². The Kier molecular flexibility index (Phi) is 4.66. The summed E-state index contributed by atoms with van der Waals surface area (Å²) in [6.07, 6.45) is 0.696. The van der Waals surface area contributed by atoms with Gasteiger partial charge in [-0.15, -0.1) is 0 Å². The van der Waals surface area contributed by atoms with Crippen LogP contribution >= 0.6 is 11.3 Å². The van der Waals surface area contributed by atoms with Gasteiger partial charge in [0.05, 0.1) is 22.2 Å². The number of benzene rings is 1. The number of carbonyl (C=O) groups excluding carboxylic acids is 3. The molecule has 164 valence electrons. The summed E-state index contributed by atoms with van der Waals surface area (Å²) in [5, 5.41) is 0. The third kappa shape index (κ3) is 3.11. The summed E-state index contributed by atoms with van der Waals surface area (Å²) in [5.74, 6) is -1.04. The summed E-state index contributed by atoms with van der Waals surface area (Å²) in [7, 11) is 2.94. The third-order valence-electron chi connectivity index (χ3n) is 5.52. The summed E-state index contributed by atoms with van der Waals surface area (Å²) in [6, 6.07) is 7.60. The summed E-state index contributed by atoms with van der Waals surface area (Å²) >= 11 is 1.38. The van der Waals surface area contributed by atoms with E-state index in [9.17, 15) is 19.2 Å². The number of para-hydroxylation sites is 1. The number of imide groups is 1. The highest BCUT2D eigenvalue weighted by molar-refractivity contribution is 7.23. The van der Waals surface area contributed by atoms with Gasteiger partial charge in [-0.3, -0.25) is 23.7 Å². The molecule has 1 aromatic carbocycles. The molecule has 3 aromatic rings. The molecule has 0 spiro atoms. The minimum Gasteiger partial charge on any atom is -0.458 e. The SMILES string of the molecule is CN1C(=O)C2C(N=CN2CC(=O)OCc2cc(=O)n3c(n2)sc2ccccc23)N(C)C1=O. The number of aliphatic imine (C=N–C) groups is 1. The molecule has 3 amide bonds. The van der Waals surface area contributed by atoms with E-state index in [0.29, 0.717) is 10.7 Å². The second-order valence-corrected chi connectivity index (χ2v) is 8.53. The maximum absolute atomic E-state index is 12.6. The fraction of sp³-hybridized carbons (Fsp3) is 0.300. The van der Waals surface area contributed by atoms with Gasteiger partial charge in [-0.1, -0.05) is 23.5 Å². The standard InChI is InChI=1S/C20H18N6O5S/c1-23-17-16(18(29)24(2)20(23)30)25(10-21-17)8-15(28)31-9-11-7-14(27)26-12-5-3-4-6-13(12)32-19(26)22-11/h3-7,10,16-17H,8-9H2,1-2H3. The van der Waals surface area contributed by atoms with E-state index in [2.05, 4.69) is 9.98 Å². The molecule has 4 heterocycles. The van der Waals surface area contributed by atoms with Crippen LogP contribution in [0.3, 0.4) is 0 Å². The Morgan fingerprint density at radius 2 is 1.97 bits per heavy atom. The third-order valence-corrected chi connectivity index (χ3v) is 6.54. The molecule has 5 rings (SSSR count). The lowest BCUT2D eigenvalue weighted by Crippen LogP contribution is -2.64. The predicted molar refractivity (Wildman–Crippen MR) is 115 cm³/mol. The number of hydrogen-bond donors (Lipinski definition) is 0. The lowest BCUT2D eigenvalue weighted by Gasteiger charge is -2.39. The second kappa shape index (κ2) is 7.41. The van der Waals surface area contributed by atoms with Crippen molar-refractivity contribution in [3.8, 4) is 0 Å². The summed E-state index contributed by atoms with van der Waals surface area (Å²) < 4.78 is 7.76. The molecule has 1 saturated heterocycles. The number of amides is 3. The highest BCUT2D eigenvalue weighted by Crippen LogP contribution is 2.25. The number of esters is 1. The van der Waals surface area contributed by atoms with Crippen LogP contribution < -0.4 is 5.56 Å². The number of carbonyl (C=O) groups is 3. The normalized spacial score (nSPS) is 20.5. The average Bonchev–Trinajstić information content (AvgIpc) is 3.36. The molecule has 0 aliphatic carbocycles. The maximum atomic E-state index is 12.6. The molecular formula is C20H18N6O5S. The van der Waals surface area contributed by atoms with E-state index in [4.69, 9.17) is 4.74 Å². The molecule has 32 heavy (non-hydrogen) atoms. The van der Waals surface area contributed by atoms with Gasteiger partial charge in [0.25, 0.3) is 11.5 Å². The zero-order valence-electron chi connectivity index (χ0n) is 17.2. The highest BCUT2D eigenvalue weighted by atomic mass is 32.1. The second-order valence-electron chi connectivity index (χ2n) is 7.52. The quantitative estimate of drug-likeness (QED) is 0.528. The van der Waals surface area contributed by atoms with Gasteiger partial charge in [-0.05, 0) is 12.1 Å². The van der Waals surface area contributed by atoms with E-state index < -0.39 is 30.1 Å². The number of fused-ring (bicyclic) bond motifs is 4. The van der Waals surface area contributed by atoms with Crippen LogP contribution in [0.25, 0.3) is 15.2 Å². The van der Waals surface area contributed by atoms with Crippen LogP contribution in [0.15, 0.2) is 40.1 Å². The Morgan fingerprint density at radius 1 is 1.19 bits per heavy atom. The Bertz CT molecular complexity index is 1360. The molecule has 2 atom stereocenters. The fourth-order valence-corrected chi connectivity index (χ4v) is 4.94. The number of thiazole rings is 1. The predicted octanol–water partition coefficient (Wildman–Crippen LogP) is 0.515. The smallest absolute Gasteiger partial charge is 0.328 e. The molecule has 2 aliphatic heterocycles. The molecule has 12 heteroatoms. The Morgan fingerprint density at radius 3 is 2.78 bits per heavy atom. The van der Waals surface area contributed by atoms with Gasteiger partial charge in [0.1, 0.15) is 13.2 Å². The van der Waals surface area contributed by atoms with E-state index in [1.54, 1.807) is 7.05 Å². The van der Waals surface area contributed by atoms with Crippen molar-refractivity contribution in [3.63, 3.8) is 0 Å². The zero-order valence-corrected chi connectivity index (χ0v) is 18.0. The number of hydrogen-bond acceptors (Lipinski definition) is 9. The molecular weight excluding hydrogens is 436 g/mol. The van der Waals surface area contributed by atoms with Crippen molar-refractivity contribution in [3.05, 3.63) is 46.4 Å². The zero-order chi connectivity index (χ0) is 22.6. The molecule has 2 aliphatic rings. The summed E-state index contributed by atoms with van der Waals surface area (Å²) in [4.78, 5) is 62.5. The Labute approximate surface area is 185 Å². The lowest BCUT2D eigenvalue weighted by molar-refractivity contribution is -0.147. The van der Waals surface area contributed by atoms with Gasteiger partial charge in [0, 0.05) is 20.2 Å². The van der Waals surface area contributed by atoms with E-state index in [1.165, 1.54) is 45.0 Å². The van der Waals surface area contributed by atoms with Crippen molar-refractivity contribution >= 4 is 50.8 Å². The fourth-order valence-electron chi connectivity index (χ4n) is 3.89. The number of rotatable bonds is 4. The minimum absolute atomic E-state index is 0.176. The summed E-state index contributed by atoms with van der Waals surface area (Å²) in [6.45, 7) is -0.402. The number of ether oxygens (including phenoxy) is 1. The maximum Gasteiger partial charge on any atom is 0.328 e. The van der Waals surface area contributed by atoms with Crippen molar-refractivity contribution in [1.82, 2.24) is 24.1 Å². The van der Waals surface area contributed by atoms with Crippen LogP contribution in [0.2, 0.25) is 0 Å². The highest BCUT2D eigenvalue weighted by Gasteiger charge is 2.48. The van der Waals surface area contributed by atoms with E-state index in [-0.39, 0.29) is 18.7 Å². The first-order chi connectivity index (χ1) is 15.3. The number of likely N-dealkylation sites (N-methyl/N-ethyl adjacent to an activating group) is 2. The molecule has 0 radical (unpaired) electrons. The van der Waals surface area contributed by atoms with Crippen LogP contribution in [-0.4, -0.2) is 81.2 Å². The number of aromatic nitrogens is 2. The van der Waals surface area contributed by atoms with Crippen molar-refractivity contribution < 1.29 is 19.1 Å². The summed E-state index contributed by atoms with van der Waals surface area (Å²) in [5.41, 5.74) is 0.861. The topological polar surface area (TPSA) is 117 Å². The van der Waals surface area contributed by atoms with E-state index in [0.717, 1.165) is 15.1 Å². The number of nitrogens with zero attached hydrogens (tertiary/aromatic N) is 6. The van der Waals surface area contributed by atoms with Gasteiger partial charge in [0.2, 0.25) is 0 Å². The Hall–Kier alpha value is -3.80. The van der Waals surface area contributed by atoms with Crippen LogP contribution in [0.5, 0.6) is 0 Å². The van der Waals surface area contributed by atoms with Crippen molar-refractivity contribution in [1.29, 1.82) is 0 Å². The van der Waals surface area contributed by atoms with Gasteiger partial charge in [0.15, 0.2) is 17.2 Å². The van der Waals surface area contributed by atoms with Crippen molar-refractivity contribution in [2.75, 3.05) is 20.6 Å². The molecule has 2 aromatic heterocycles. The molecule has 1 fully saturated rings. The van der Waals surface area contributed by atoms with Gasteiger partial charge in [-0.25, -0.2) is 14.8 Å². The lowest BCUT2D eigenvalue weighted by atomic mass is 10.1. The van der Waals surface area contributed by atoms with Crippen LogP contribution in [0, 0.1) is 0 Å². The monoisotopic (exact) mass is 454 g/mol. The molecule has 0 bridgehead atoms. The molecule has 2 unspecified atom stereocenters. The van der Waals surface area contributed by atoms with E-state index >= 15 is 0 Å². The first-order valence-corrected chi connectivity index (χ1v) is 10.6. The van der Waals surface area contributed by atoms with Gasteiger partial charge >= 0.3 is 12.0 Å². The average molecular weight is 454 g/mol. The molecule has 0 N–H and O–H groups in total. The minimum atomic E-state index is -0.784. The van der Waals surface area contributed by atoms with Crippen LogP contribution in [0.1, 0.15) is 5.69 Å². The van der Waals surface area contributed by atoms with Crippen LogP contribution in [-0.2, 0) is 20.9 Å². The molecule has 0 saturated carbocycles.